The van der Waals surface area contributed by atoms with Crippen LogP contribution in [-0.2, 0) is 4.79 Å². The monoisotopic (exact) mass is 281 g/mol. The van der Waals surface area contributed by atoms with Gasteiger partial charge >= 0.3 is 0 Å². The maximum Gasteiger partial charge on any atom is 0.255 e. The van der Waals surface area contributed by atoms with Gasteiger partial charge in [-0.05, 0) is 30.7 Å². The molecule has 1 N–H and O–H groups in total. The van der Waals surface area contributed by atoms with E-state index >= 15 is 0 Å². The van der Waals surface area contributed by atoms with Gasteiger partial charge in [0, 0.05) is 18.4 Å². The van der Waals surface area contributed by atoms with Crippen molar-refractivity contribution in [2.24, 2.45) is 0 Å². The Hall–Kier alpha value is -1.81. The molecule has 0 saturated carbocycles. The van der Waals surface area contributed by atoms with Gasteiger partial charge in [0.1, 0.15) is 5.75 Å². The molecule has 0 radical (unpaired) electrons. The van der Waals surface area contributed by atoms with Crippen molar-refractivity contribution in [2.75, 3.05) is 12.5 Å². The third kappa shape index (κ3) is 5.14. The van der Waals surface area contributed by atoms with Crippen LogP contribution in [0.3, 0.4) is 0 Å². The lowest BCUT2D eigenvalue weighted by Gasteiger charge is -2.07. The molecule has 0 aliphatic rings. The summed E-state index contributed by atoms with van der Waals surface area (Å²) >= 11 is 5.54. The molecule has 0 atom stereocenters. The normalized spacial score (nSPS) is 9.79. The van der Waals surface area contributed by atoms with Crippen LogP contribution in [0.15, 0.2) is 36.5 Å². The zero-order valence-corrected chi connectivity index (χ0v) is 11.5. The first-order valence-electron chi connectivity index (χ1n) is 5.84. The number of halogens is 1. The molecule has 0 aliphatic heterocycles. The second-order valence-electron chi connectivity index (χ2n) is 3.90. The van der Waals surface area contributed by atoms with Gasteiger partial charge in [-0.1, -0.05) is 6.58 Å². The lowest BCUT2D eigenvalue weighted by atomic mass is 10.2. The predicted octanol–water partition coefficient (Wildman–Crippen LogP) is 2.53. The second-order valence-corrected chi connectivity index (χ2v) is 4.28. The van der Waals surface area contributed by atoms with E-state index in [0.29, 0.717) is 23.8 Å². The predicted molar refractivity (Wildman–Crippen MR) is 74.6 cm³/mol. The number of hydrogen-bond donors (Lipinski definition) is 1. The van der Waals surface area contributed by atoms with Gasteiger partial charge in [-0.3, -0.25) is 9.59 Å². The van der Waals surface area contributed by atoms with Crippen molar-refractivity contribution in [3.8, 4) is 5.75 Å². The second kappa shape index (κ2) is 7.59. The first-order valence-corrected chi connectivity index (χ1v) is 6.38. The fraction of sp³-hybridized carbons (Fsp3) is 0.286. The summed E-state index contributed by atoms with van der Waals surface area (Å²) in [7, 11) is 0. The van der Waals surface area contributed by atoms with Crippen LogP contribution < -0.4 is 10.1 Å². The molecule has 19 heavy (non-hydrogen) atoms. The molecule has 1 aromatic rings. The average Bonchev–Trinajstić information content (AvgIpc) is 2.39. The van der Waals surface area contributed by atoms with Crippen molar-refractivity contribution in [3.05, 3.63) is 42.1 Å². The van der Waals surface area contributed by atoms with E-state index in [1.54, 1.807) is 24.3 Å². The van der Waals surface area contributed by atoms with Gasteiger partial charge in [-0.15, -0.1) is 11.6 Å². The Bertz CT molecular complexity index is 468. The molecule has 0 aromatic heterocycles. The van der Waals surface area contributed by atoms with Gasteiger partial charge in [-0.2, -0.15) is 0 Å². The molecule has 4 nitrogen and oxygen atoms in total. The van der Waals surface area contributed by atoms with Crippen molar-refractivity contribution in [1.82, 2.24) is 5.32 Å². The number of nitrogens with one attached hydrogen (secondary N) is 1. The summed E-state index contributed by atoms with van der Waals surface area (Å²) < 4.78 is 5.41. The molecular weight excluding hydrogens is 266 g/mol. The number of ketones is 1. The number of benzene rings is 1. The third-order valence-corrected chi connectivity index (χ3v) is 2.62. The Kier molecular flexibility index (Phi) is 6.09. The molecule has 0 saturated heterocycles. The van der Waals surface area contributed by atoms with Crippen LogP contribution >= 0.6 is 11.6 Å². The van der Waals surface area contributed by atoms with E-state index in [1.165, 1.54) is 6.92 Å². The Labute approximate surface area is 117 Å². The first-order chi connectivity index (χ1) is 9.04. The molecule has 0 heterocycles. The van der Waals surface area contributed by atoms with Crippen molar-refractivity contribution in [1.29, 1.82) is 0 Å². The minimum Gasteiger partial charge on any atom is -0.494 e. The Morgan fingerprint density at radius 3 is 2.47 bits per heavy atom. The summed E-state index contributed by atoms with van der Waals surface area (Å²) in [6, 6.07) is 6.64. The summed E-state index contributed by atoms with van der Waals surface area (Å²) in [4.78, 5) is 22.7. The van der Waals surface area contributed by atoms with E-state index in [0.717, 1.165) is 6.42 Å². The lowest BCUT2D eigenvalue weighted by molar-refractivity contribution is -0.113. The van der Waals surface area contributed by atoms with Crippen LogP contribution in [0.25, 0.3) is 0 Å². The highest BCUT2D eigenvalue weighted by atomic mass is 35.5. The molecule has 0 aliphatic carbocycles. The van der Waals surface area contributed by atoms with Gasteiger partial charge < -0.3 is 10.1 Å². The minimum absolute atomic E-state index is 0.0763. The molecule has 5 heteroatoms. The van der Waals surface area contributed by atoms with Gasteiger partial charge in [0.2, 0.25) is 0 Å². The van der Waals surface area contributed by atoms with Crippen LogP contribution in [-0.4, -0.2) is 24.2 Å². The zero-order chi connectivity index (χ0) is 14.3. The smallest absolute Gasteiger partial charge is 0.255 e. The van der Waals surface area contributed by atoms with E-state index in [-0.39, 0.29) is 17.4 Å². The van der Waals surface area contributed by atoms with E-state index in [9.17, 15) is 9.59 Å². The quantitative estimate of drug-likeness (QED) is 0.475. The average molecular weight is 282 g/mol. The topological polar surface area (TPSA) is 55.4 Å². The highest BCUT2D eigenvalue weighted by molar-refractivity contribution is 6.17. The summed E-state index contributed by atoms with van der Waals surface area (Å²) in [6.07, 6.45) is 0.766. The van der Waals surface area contributed by atoms with Gasteiger partial charge in [0.25, 0.3) is 5.91 Å². The number of carbonyl (C=O) groups is 2. The summed E-state index contributed by atoms with van der Waals surface area (Å²) in [5.74, 6) is 0.585. The van der Waals surface area contributed by atoms with Crippen LogP contribution in [0, 0.1) is 0 Å². The number of hydrogen-bond acceptors (Lipinski definition) is 3. The number of rotatable bonds is 7. The summed E-state index contributed by atoms with van der Waals surface area (Å²) in [5.41, 5.74) is 0.513. The molecule has 0 fully saturated rings. The Morgan fingerprint density at radius 2 is 1.95 bits per heavy atom. The SMILES string of the molecule is C=C(NC(=O)c1ccc(OCCCCl)cc1)C(C)=O. The maximum absolute atomic E-state index is 11.7. The van der Waals surface area contributed by atoms with Crippen molar-refractivity contribution in [3.63, 3.8) is 0 Å². The fourth-order valence-corrected chi connectivity index (χ4v) is 1.35. The van der Waals surface area contributed by atoms with Crippen molar-refractivity contribution in [2.45, 2.75) is 13.3 Å². The van der Waals surface area contributed by atoms with Crippen LogP contribution in [0.5, 0.6) is 5.75 Å². The highest BCUT2D eigenvalue weighted by Crippen LogP contribution is 2.12. The fourth-order valence-electron chi connectivity index (χ4n) is 1.24. The maximum atomic E-state index is 11.7. The zero-order valence-electron chi connectivity index (χ0n) is 10.7. The van der Waals surface area contributed by atoms with E-state index in [4.69, 9.17) is 16.3 Å². The highest BCUT2D eigenvalue weighted by Gasteiger charge is 2.09. The standard InChI is InChI=1S/C14H16ClNO3/c1-10(11(2)17)16-14(18)12-4-6-13(7-5-12)19-9-3-8-15/h4-7H,1,3,8-9H2,2H3,(H,16,18). The Morgan fingerprint density at radius 1 is 1.32 bits per heavy atom. The number of ether oxygens (including phenoxy) is 1. The van der Waals surface area contributed by atoms with E-state index in [1.807, 2.05) is 0 Å². The molecule has 1 rings (SSSR count). The van der Waals surface area contributed by atoms with E-state index in [2.05, 4.69) is 11.9 Å². The van der Waals surface area contributed by atoms with Crippen LogP contribution in [0.1, 0.15) is 23.7 Å². The summed E-state index contributed by atoms with van der Waals surface area (Å²) in [5, 5.41) is 2.43. The van der Waals surface area contributed by atoms with Gasteiger partial charge in [0.05, 0.1) is 12.3 Å². The number of Topliss-reactive ketones (excluding diaryl/α,β-unsaturated/α-hetero) is 1. The molecule has 1 aromatic carbocycles. The molecule has 0 bridgehead atoms. The van der Waals surface area contributed by atoms with Gasteiger partial charge in [-0.25, -0.2) is 0 Å². The van der Waals surface area contributed by atoms with Crippen molar-refractivity contribution >= 4 is 23.3 Å². The Balaban J connectivity index is 2.58. The molecule has 0 spiro atoms. The molecule has 1 amide bonds. The van der Waals surface area contributed by atoms with E-state index < -0.39 is 0 Å². The molecule has 0 unspecified atom stereocenters. The largest absolute Gasteiger partial charge is 0.494 e. The van der Waals surface area contributed by atoms with Gasteiger partial charge in [0.15, 0.2) is 5.78 Å². The summed E-state index contributed by atoms with van der Waals surface area (Å²) in [6.45, 7) is 5.35. The molecule has 102 valence electrons. The number of allylic oxidation sites excluding steroid dienone is 1. The van der Waals surface area contributed by atoms with Crippen LogP contribution in [0.4, 0.5) is 0 Å². The van der Waals surface area contributed by atoms with Crippen molar-refractivity contribution < 1.29 is 14.3 Å². The first kappa shape index (κ1) is 15.2. The number of carbonyl (C=O) groups excluding carboxylic acids is 2. The minimum atomic E-state index is -0.368. The lowest BCUT2D eigenvalue weighted by Crippen LogP contribution is -2.25. The van der Waals surface area contributed by atoms with Crippen LogP contribution in [0.2, 0.25) is 0 Å². The number of amides is 1. The number of alkyl halides is 1. The molecular formula is C14H16ClNO3. The third-order valence-electron chi connectivity index (χ3n) is 2.35.